The van der Waals surface area contributed by atoms with Gasteiger partial charge in [-0.1, -0.05) is 60.7 Å². The Labute approximate surface area is 222 Å². The molecule has 1 fully saturated rings. The molecule has 3 heterocycles. The highest BCUT2D eigenvalue weighted by Gasteiger charge is 2.55. The number of amides is 3. The van der Waals surface area contributed by atoms with E-state index < -0.39 is 41.2 Å². The van der Waals surface area contributed by atoms with Gasteiger partial charge in [0.1, 0.15) is 22.9 Å². The molecule has 0 saturated carbocycles. The van der Waals surface area contributed by atoms with Crippen LogP contribution >= 0.6 is 11.8 Å². The van der Waals surface area contributed by atoms with Gasteiger partial charge in [0, 0.05) is 5.75 Å². The maximum absolute atomic E-state index is 13.7. The Bertz CT molecular complexity index is 1340. The number of benzene rings is 2. The molecule has 0 spiro atoms. The highest BCUT2D eigenvalue weighted by molar-refractivity contribution is 8.00. The summed E-state index contributed by atoms with van der Waals surface area (Å²) in [5.74, 6) is 3.46. The largest absolute Gasteiger partial charge is 0.469 e. The lowest BCUT2D eigenvalue weighted by Crippen LogP contribution is -2.71. The van der Waals surface area contributed by atoms with E-state index >= 15 is 0 Å². The summed E-state index contributed by atoms with van der Waals surface area (Å²) in [5, 5.41) is 2.11. The van der Waals surface area contributed by atoms with E-state index in [0.29, 0.717) is 5.76 Å². The summed E-state index contributed by atoms with van der Waals surface area (Å²) >= 11 is 1.24. The molecule has 10 nitrogen and oxygen atoms in total. The first-order chi connectivity index (χ1) is 18.5. The van der Waals surface area contributed by atoms with E-state index in [9.17, 15) is 19.2 Å². The van der Waals surface area contributed by atoms with Crippen LogP contribution in [0.25, 0.3) is 0 Å². The predicted molar refractivity (Wildman–Crippen MR) is 138 cm³/mol. The molecule has 3 amide bonds. The normalized spacial score (nSPS) is 18.5. The molecule has 194 valence electrons. The second-order valence-corrected chi connectivity index (χ2v) is 9.72. The number of hydrogen-bond donors (Lipinski definition) is 3. The van der Waals surface area contributed by atoms with E-state index in [1.807, 2.05) is 66.1 Å². The summed E-state index contributed by atoms with van der Waals surface area (Å²) in [4.78, 5) is 53.1. The molecule has 2 atom stereocenters. The highest BCUT2D eigenvalue weighted by atomic mass is 32.2. The van der Waals surface area contributed by atoms with Crippen LogP contribution in [0.15, 0.2) is 94.7 Å². The van der Waals surface area contributed by atoms with E-state index in [4.69, 9.17) is 15.0 Å². The molecule has 0 radical (unpaired) electrons. The Morgan fingerprint density at radius 1 is 1.03 bits per heavy atom. The van der Waals surface area contributed by atoms with Crippen molar-refractivity contribution in [1.29, 1.82) is 0 Å². The van der Waals surface area contributed by atoms with Crippen LogP contribution in [0.2, 0.25) is 0 Å². The van der Waals surface area contributed by atoms with Gasteiger partial charge in [-0.05, 0) is 23.3 Å². The number of nitrogens with two attached hydrogens (primary N) is 1. The number of fused-ring (bicyclic) bond motifs is 1. The number of hydrogen-bond acceptors (Lipinski definition) is 8. The van der Waals surface area contributed by atoms with Crippen LogP contribution in [0.5, 0.6) is 0 Å². The monoisotopic (exact) mass is 532 g/mol. The van der Waals surface area contributed by atoms with E-state index in [-0.39, 0.29) is 23.4 Å². The molecular formula is C27H24N4O6S. The van der Waals surface area contributed by atoms with Crippen LogP contribution in [-0.2, 0) is 30.3 Å². The van der Waals surface area contributed by atoms with Crippen molar-refractivity contribution in [3.63, 3.8) is 0 Å². The third-order valence-electron chi connectivity index (χ3n) is 6.23. The number of thioether (sulfide) groups is 1. The molecule has 2 aliphatic heterocycles. The van der Waals surface area contributed by atoms with Crippen molar-refractivity contribution in [2.24, 2.45) is 5.84 Å². The SMILES string of the molecule is NNC(=O)C1=C(C(=O)OC(c2ccccc2)c2ccccc2)N2C(=O)C(NC(=O)Cc3ccco3)[C@H]2SC1. The summed E-state index contributed by atoms with van der Waals surface area (Å²) in [7, 11) is 0. The van der Waals surface area contributed by atoms with E-state index in [2.05, 4.69) is 5.32 Å². The van der Waals surface area contributed by atoms with Crippen molar-refractivity contribution in [2.45, 2.75) is 23.9 Å². The minimum atomic E-state index is -0.869. The number of β-lactam (4-membered cyclic amide) rings is 1. The fourth-order valence-electron chi connectivity index (χ4n) is 4.41. The number of carbonyl (C=O) groups is 4. The predicted octanol–water partition coefficient (Wildman–Crippen LogP) is 1.80. The zero-order chi connectivity index (χ0) is 26.6. The van der Waals surface area contributed by atoms with Crippen LogP contribution in [0.4, 0.5) is 0 Å². The van der Waals surface area contributed by atoms with E-state index in [1.54, 1.807) is 12.1 Å². The van der Waals surface area contributed by atoms with Crippen molar-refractivity contribution in [2.75, 3.05) is 5.75 Å². The van der Waals surface area contributed by atoms with Gasteiger partial charge in [0.15, 0.2) is 6.10 Å². The smallest absolute Gasteiger partial charge is 0.356 e. The molecule has 1 saturated heterocycles. The second kappa shape index (κ2) is 11.0. The summed E-state index contributed by atoms with van der Waals surface area (Å²) in [6.45, 7) is 0. The molecule has 38 heavy (non-hydrogen) atoms. The van der Waals surface area contributed by atoms with Crippen LogP contribution in [-0.4, -0.2) is 45.8 Å². The van der Waals surface area contributed by atoms with E-state index in [0.717, 1.165) is 11.1 Å². The average molecular weight is 533 g/mol. The first-order valence-electron chi connectivity index (χ1n) is 11.8. The van der Waals surface area contributed by atoms with Crippen molar-refractivity contribution in [3.8, 4) is 0 Å². The molecule has 1 aromatic heterocycles. The number of ether oxygens (including phenoxy) is 1. The van der Waals surface area contributed by atoms with Gasteiger partial charge in [0.25, 0.3) is 11.8 Å². The van der Waals surface area contributed by atoms with Crippen LogP contribution < -0.4 is 16.6 Å². The minimum Gasteiger partial charge on any atom is -0.469 e. The van der Waals surface area contributed by atoms with Gasteiger partial charge < -0.3 is 14.5 Å². The Kier molecular flexibility index (Phi) is 7.29. The number of carbonyl (C=O) groups excluding carboxylic acids is 4. The number of nitrogens with one attached hydrogen (secondary N) is 2. The average Bonchev–Trinajstić information content (AvgIpc) is 3.47. The zero-order valence-corrected chi connectivity index (χ0v) is 20.9. The number of furan rings is 1. The molecule has 0 aliphatic carbocycles. The second-order valence-electron chi connectivity index (χ2n) is 8.62. The van der Waals surface area contributed by atoms with Crippen LogP contribution in [0, 0.1) is 0 Å². The lowest BCUT2D eigenvalue weighted by molar-refractivity contribution is -0.155. The standard InChI is InChI=1S/C27H24N4O6S/c28-30-24(33)19-15-38-26-21(29-20(32)14-18-12-7-13-36-18)25(34)31(26)22(19)27(35)37-23(16-8-3-1-4-9-16)17-10-5-2-6-11-17/h1-13,21,23,26H,14-15,28H2,(H,29,32)(H,30,33)/t21?,26-/m1/s1. The first kappa shape index (κ1) is 25.3. The molecule has 5 rings (SSSR count). The van der Waals surface area contributed by atoms with Gasteiger partial charge in [0.2, 0.25) is 5.91 Å². The first-order valence-corrected chi connectivity index (χ1v) is 12.8. The number of esters is 1. The fraction of sp³-hybridized carbons (Fsp3) is 0.185. The summed E-state index contributed by atoms with van der Waals surface area (Å²) < 4.78 is 11.1. The molecule has 11 heteroatoms. The van der Waals surface area contributed by atoms with Crippen molar-refractivity contribution >= 4 is 35.5 Å². The minimum absolute atomic E-state index is 0.0207. The third-order valence-corrected chi connectivity index (χ3v) is 7.51. The summed E-state index contributed by atoms with van der Waals surface area (Å²) in [6.07, 6.45) is 0.642. The van der Waals surface area contributed by atoms with Gasteiger partial charge >= 0.3 is 5.97 Å². The van der Waals surface area contributed by atoms with Crippen molar-refractivity contribution in [3.05, 3.63) is 107 Å². The van der Waals surface area contributed by atoms with Gasteiger partial charge in [-0.25, -0.2) is 10.6 Å². The maximum Gasteiger partial charge on any atom is 0.356 e. The fourth-order valence-corrected chi connectivity index (χ4v) is 5.75. The summed E-state index contributed by atoms with van der Waals surface area (Å²) in [6, 6.07) is 20.8. The Morgan fingerprint density at radius 3 is 2.26 bits per heavy atom. The molecule has 3 aromatic rings. The molecule has 4 N–H and O–H groups in total. The van der Waals surface area contributed by atoms with Crippen LogP contribution in [0.1, 0.15) is 23.0 Å². The molecule has 2 aromatic carbocycles. The maximum atomic E-state index is 13.7. The summed E-state index contributed by atoms with van der Waals surface area (Å²) in [5.41, 5.74) is 3.32. The molecular weight excluding hydrogens is 508 g/mol. The lowest BCUT2D eigenvalue weighted by Gasteiger charge is -2.49. The number of rotatable bonds is 8. The molecule has 2 aliphatic rings. The Hall–Kier alpha value is -4.35. The van der Waals surface area contributed by atoms with E-state index in [1.165, 1.54) is 22.9 Å². The Balaban J connectivity index is 1.41. The highest BCUT2D eigenvalue weighted by Crippen LogP contribution is 2.41. The zero-order valence-electron chi connectivity index (χ0n) is 20.0. The van der Waals surface area contributed by atoms with Crippen molar-refractivity contribution < 1.29 is 28.3 Å². The molecule has 1 unspecified atom stereocenters. The number of hydrazine groups is 1. The Morgan fingerprint density at radius 2 is 1.68 bits per heavy atom. The van der Waals surface area contributed by atoms with Crippen molar-refractivity contribution in [1.82, 2.24) is 15.6 Å². The van der Waals surface area contributed by atoms with Gasteiger partial charge in [-0.3, -0.25) is 24.7 Å². The van der Waals surface area contributed by atoms with Gasteiger partial charge in [-0.15, -0.1) is 11.8 Å². The lowest BCUT2D eigenvalue weighted by atomic mass is 10.0. The van der Waals surface area contributed by atoms with Gasteiger partial charge in [-0.2, -0.15) is 0 Å². The quantitative estimate of drug-likeness (QED) is 0.131. The topological polar surface area (TPSA) is 144 Å². The number of nitrogens with zero attached hydrogens (tertiary/aromatic N) is 1. The third kappa shape index (κ3) is 4.93. The molecule has 0 bridgehead atoms. The van der Waals surface area contributed by atoms with Crippen LogP contribution in [0.3, 0.4) is 0 Å². The van der Waals surface area contributed by atoms with Gasteiger partial charge in [0.05, 0.1) is 18.3 Å².